The van der Waals surface area contributed by atoms with Crippen LogP contribution in [0, 0.1) is 34.0 Å². The van der Waals surface area contributed by atoms with E-state index in [0.717, 1.165) is 17.8 Å². The maximum absolute atomic E-state index is 2.57. The van der Waals surface area contributed by atoms with Crippen molar-refractivity contribution in [3.8, 4) is 0 Å². The second-order valence-electron chi connectivity index (χ2n) is 9.54. The molecule has 21 heavy (non-hydrogen) atoms. The Hall–Kier alpha value is -0.260. The summed E-state index contributed by atoms with van der Waals surface area (Å²) in [6.07, 6.45) is 9.34. The Kier molecular flexibility index (Phi) is 4.42. The summed E-state index contributed by atoms with van der Waals surface area (Å²) in [5, 5.41) is 0. The van der Waals surface area contributed by atoms with Crippen LogP contribution in [0.4, 0.5) is 0 Å². The molecule has 5 atom stereocenters. The predicted molar refractivity (Wildman–Crippen MR) is 94.3 cm³/mol. The molecule has 0 saturated heterocycles. The molecule has 0 aromatic carbocycles. The topological polar surface area (TPSA) is 0 Å². The molecule has 0 spiro atoms. The zero-order valence-corrected chi connectivity index (χ0v) is 15.8. The Labute approximate surface area is 133 Å². The monoisotopic (exact) mass is 290 g/mol. The van der Waals surface area contributed by atoms with Crippen LogP contribution >= 0.6 is 0 Å². The highest BCUT2D eigenvalue weighted by atomic mass is 14.6. The minimum Gasteiger partial charge on any atom is -0.0836 e. The van der Waals surface area contributed by atoms with Crippen molar-refractivity contribution in [3.63, 3.8) is 0 Å². The predicted octanol–water partition coefficient (Wildman–Crippen LogP) is 6.86. The SMILES string of the molecule is CCC(C)C1=CCC1(C)CCC1(C)CC(C)C(C)(C)C1C. The minimum absolute atomic E-state index is 0.505. The van der Waals surface area contributed by atoms with E-state index in [2.05, 4.69) is 61.5 Å². The van der Waals surface area contributed by atoms with E-state index in [1.165, 1.54) is 32.1 Å². The third-order valence-electron chi connectivity index (χ3n) is 8.06. The average Bonchev–Trinajstić information content (AvgIpc) is 2.56. The molecule has 0 amide bonds. The molecule has 1 fully saturated rings. The van der Waals surface area contributed by atoms with Crippen molar-refractivity contribution in [2.24, 2.45) is 34.0 Å². The van der Waals surface area contributed by atoms with Crippen molar-refractivity contribution >= 4 is 0 Å². The van der Waals surface area contributed by atoms with Gasteiger partial charge in [0, 0.05) is 0 Å². The molecule has 122 valence electrons. The van der Waals surface area contributed by atoms with Gasteiger partial charge in [-0.05, 0) is 66.1 Å². The normalized spacial score (nSPS) is 43.3. The van der Waals surface area contributed by atoms with Crippen LogP contribution in [0.1, 0.15) is 87.5 Å². The fourth-order valence-electron chi connectivity index (χ4n) is 5.17. The van der Waals surface area contributed by atoms with Gasteiger partial charge >= 0.3 is 0 Å². The number of hydrogen-bond donors (Lipinski definition) is 0. The summed E-state index contributed by atoms with van der Waals surface area (Å²) in [5.74, 6) is 2.48. The van der Waals surface area contributed by atoms with Gasteiger partial charge < -0.3 is 0 Å². The lowest BCUT2D eigenvalue weighted by Crippen LogP contribution is -2.34. The van der Waals surface area contributed by atoms with Gasteiger partial charge in [0.15, 0.2) is 0 Å². The molecule has 0 N–H and O–H groups in total. The Morgan fingerprint density at radius 1 is 1.14 bits per heavy atom. The molecule has 2 rings (SSSR count). The quantitative estimate of drug-likeness (QED) is 0.485. The standard InChI is InChI=1S/C21H38/c1-9-15(2)18-10-11-20(18,7)12-13-21(8)14-16(3)19(5,6)17(21)4/h10,15-17H,9,11-14H2,1-8H3. The molecule has 0 aliphatic heterocycles. The summed E-state index contributed by atoms with van der Waals surface area (Å²) in [7, 11) is 0. The third-order valence-corrected chi connectivity index (χ3v) is 8.06. The Morgan fingerprint density at radius 2 is 1.76 bits per heavy atom. The summed E-state index contributed by atoms with van der Waals surface area (Å²) in [6, 6.07) is 0. The second kappa shape index (κ2) is 5.43. The fourth-order valence-corrected chi connectivity index (χ4v) is 5.17. The van der Waals surface area contributed by atoms with Gasteiger partial charge in [-0.25, -0.2) is 0 Å². The molecule has 0 nitrogen and oxygen atoms in total. The van der Waals surface area contributed by atoms with E-state index in [-0.39, 0.29) is 0 Å². The van der Waals surface area contributed by atoms with Crippen LogP contribution < -0.4 is 0 Å². The third kappa shape index (κ3) is 2.73. The lowest BCUT2D eigenvalue weighted by Gasteiger charge is -2.45. The van der Waals surface area contributed by atoms with Gasteiger partial charge in [-0.2, -0.15) is 0 Å². The molecule has 0 bridgehead atoms. The van der Waals surface area contributed by atoms with E-state index < -0.39 is 0 Å². The zero-order chi connectivity index (χ0) is 16.1. The highest BCUT2D eigenvalue weighted by Gasteiger charge is 2.51. The first-order valence-corrected chi connectivity index (χ1v) is 9.27. The van der Waals surface area contributed by atoms with Gasteiger partial charge in [0.25, 0.3) is 0 Å². The van der Waals surface area contributed by atoms with Gasteiger partial charge in [0.05, 0.1) is 0 Å². The summed E-state index contributed by atoms with van der Waals surface area (Å²) in [4.78, 5) is 0. The molecule has 0 heteroatoms. The van der Waals surface area contributed by atoms with E-state index in [1.807, 2.05) is 0 Å². The van der Waals surface area contributed by atoms with Crippen LogP contribution in [-0.4, -0.2) is 0 Å². The number of hydrogen-bond acceptors (Lipinski definition) is 0. The van der Waals surface area contributed by atoms with Gasteiger partial charge in [-0.1, -0.05) is 67.0 Å². The highest BCUT2D eigenvalue weighted by molar-refractivity contribution is 5.27. The smallest absolute Gasteiger partial charge is 0.00790 e. The van der Waals surface area contributed by atoms with Crippen LogP contribution in [-0.2, 0) is 0 Å². The number of rotatable bonds is 5. The van der Waals surface area contributed by atoms with Crippen molar-refractivity contribution in [1.82, 2.24) is 0 Å². The number of allylic oxidation sites excluding steroid dienone is 2. The van der Waals surface area contributed by atoms with Crippen molar-refractivity contribution in [2.45, 2.75) is 87.5 Å². The second-order valence-corrected chi connectivity index (χ2v) is 9.54. The van der Waals surface area contributed by atoms with Crippen molar-refractivity contribution in [3.05, 3.63) is 11.6 Å². The summed E-state index contributed by atoms with van der Waals surface area (Å²) in [5.41, 5.74) is 3.31. The first-order chi connectivity index (χ1) is 9.57. The molecule has 0 radical (unpaired) electrons. The van der Waals surface area contributed by atoms with Crippen LogP contribution in [0.3, 0.4) is 0 Å². The Balaban J connectivity index is 2.03. The van der Waals surface area contributed by atoms with Gasteiger partial charge in [0.1, 0.15) is 0 Å². The maximum Gasteiger partial charge on any atom is -0.00790 e. The lowest BCUT2D eigenvalue weighted by atomic mass is 9.60. The van der Waals surface area contributed by atoms with Crippen LogP contribution in [0.25, 0.3) is 0 Å². The van der Waals surface area contributed by atoms with E-state index in [0.29, 0.717) is 16.2 Å². The minimum atomic E-state index is 0.505. The average molecular weight is 291 g/mol. The molecular weight excluding hydrogens is 252 g/mol. The molecule has 2 aliphatic carbocycles. The van der Waals surface area contributed by atoms with Crippen LogP contribution in [0.15, 0.2) is 11.6 Å². The van der Waals surface area contributed by atoms with E-state index in [9.17, 15) is 0 Å². The molecule has 0 aromatic heterocycles. The van der Waals surface area contributed by atoms with E-state index in [1.54, 1.807) is 5.57 Å². The van der Waals surface area contributed by atoms with Gasteiger partial charge in [-0.3, -0.25) is 0 Å². The van der Waals surface area contributed by atoms with Gasteiger partial charge in [0.2, 0.25) is 0 Å². The molecule has 0 heterocycles. The highest BCUT2D eigenvalue weighted by Crippen LogP contribution is 2.60. The molecule has 5 unspecified atom stereocenters. The summed E-state index contributed by atoms with van der Waals surface area (Å²) >= 11 is 0. The van der Waals surface area contributed by atoms with Crippen LogP contribution in [0.2, 0.25) is 0 Å². The fraction of sp³-hybridized carbons (Fsp3) is 0.905. The van der Waals surface area contributed by atoms with Gasteiger partial charge in [-0.15, -0.1) is 0 Å². The van der Waals surface area contributed by atoms with E-state index in [4.69, 9.17) is 0 Å². The van der Waals surface area contributed by atoms with Crippen LogP contribution in [0.5, 0.6) is 0 Å². The first kappa shape index (κ1) is 17.1. The molecule has 2 aliphatic rings. The van der Waals surface area contributed by atoms with Crippen molar-refractivity contribution < 1.29 is 0 Å². The zero-order valence-electron chi connectivity index (χ0n) is 15.8. The van der Waals surface area contributed by atoms with Crippen molar-refractivity contribution in [2.75, 3.05) is 0 Å². The molecule has 0 aromatic rings. The van der Waals surface area contributed by atoms with Crippen molar-refractivity contribution in [1.29, 1.82) is 0 Å². The molecular formula is C21H38. The summed E-state index contributed by atoms with van der Waals surface area (Å²) in [6.45, 7) is 19.8. The maximum atomic E-state index is 2.57. The largest absolute Gasteiger partial charge is 0.0836 e. The Bertz CT molecular complexity index is 416. The molecule has 1 saturated carbocycles. The Morgan fingerprint density at radius 3 is 2.14 bits per heavy atom. The summed E-state index contributed by atoms with van der Waals surface area (Å²) < 4.78 is 0. The first-order valence-electron chi connectivity index (χ1n) is 9.27. The lowest BCUT2D eigenvalue weighted by molar-refractivity contribution is 0.119. The van der Waals surface area contributed by atoms with E-state index >= 15 is 0 Å².